The Bertz CT molecular complexity index is 390. The largest absolute Gasteiger partial charge is 0.381 e. The number of aromatic nitrogens is 2. The summed E-state index contributed by atoms with van der Waals surface area (Å²) in [5, 5.41) is 3.83. The van der Waals surface area contributed by atoms with Gasteiger partial charge in [-0.25, -0.2) is 4.39 Å². The molecule has 1 aromatic rings. The van der Waals surface area contributed by atoms with E-state index < -0.39 is 5.83 Å². The lowest BCUT2D eigenvalue weighted by Gasteiger charge is -2.18. The Hall–Kier alpha value is -1.23. The Labute approximate surface area is 93.5 Å². The molecule has 5 heteroatoms. The second-order valence-corrected chi connectivity index (χ2v) is 4.16. The normalized spacial score (nSPS) is 17.4. The van der Waals surface area contributed by atoms with Crippen molar-refractivity contribution in [1.82, 2.24) is 10.1 Å². The van der Waals surface area contributed by atoms with Crippen molar-refractivity contribution in [2.45, 2.75) is 32.6 Å². The summed E-state index contributed by atoms with van der Waals surface area (Å²) in [6, 6.07) is 0. The highest BCUT2D eigenvalue weighted by molar-refractivity contribution is 5.53. The van der Waals surface area contributed by atoms with E-state index in [-0.39, 0.29) is 11.8 Å². The maximum atomic E-state index is 13.5. The average molecular weight is 226 g/mol. The van der Waals surface area contributed by atoms with E-state index >= 15 is 0 Å². The minimum Gasteiger partial charge on any atom is -0.381 e. The number of rotatable bonds is 2. The Balaban J connectivity index is 2.15. The minimum atomic E-state index is -0.425. The molecule has 1 aliphatic rings. The fraction of sp³-hybridized carbons (Fsp3) is 0.636. The zero-order chi connectivity index (χ0) is 11.5. The molecule has 0 N–H and O–H groups in total. The molecule has 2 rings (SSSR count). The van der Waals surface area contributed by atoms with Gasteiger partial charge in [0.15, 0.2) is 11.7 Å². The number of ether oxygens (including phenoxy) is 1. The van der Waals surface area contributed by atoms with Crippen LogP contribution in [0.1, 0.15) is 44.3 Å². The molecule has 0 bridgehead atoms. The number of hydrogen-bond donors (Lipinski definition) is 0. The highest BCUT2D eigenvalue weighted by Gasteiger charge is 2.22. The van der Waals surface area contributed by atoms with Crippen molar-refractivity contribution in [2.75, 3.05) is 13.2 Å². The number of hydrogen-bond acceptors (Lipinski definition) is 4. The predicted molar refractivity (Wildman–Crippen MR) is 56.5 cm³/mol. The van der Waals surface area contributed by atoms with Crippen LogP contribution in [0.3, 0.4) is 0 Å². The third-order valence-corrected chi connectivity index (χ3v) is 2.65. The standard InChI is InChI=1S/C11H15FN2O2/c1-7(2)9(12)11-13-10(14-16-11)8-3-5-15-6-4-8/h8H,3-6H2,1-2H3. The minimum absolute atomic E-state index is 0.0125. The first-order valence-corrected chi connectivity index (χ1v) is 5.43. The van der Waals surface area contributed by atoms with Crippen LogP contribution in [0.15, 0.2) is 10.1 Å². The quantitative estimate of drug-likeness (QED) is 0.777. The lowest BCUT2D eigenvalue weighted by Crippen LogP contribution is -2.15. The molecule has 16 heavy (non-hydrogen) atoms. The molecule has 0 radical (unpaired) electrons. The van der Waals surface area contributed by atoms with Crippen molar-refractivity contribution >= 4 is 5.83 Å². The third-order valence-electron chi connectivity index (χ3n) is 2.65. The van der Waals surface area contributed by atoms with Crippen molar-refractivity contribution in [3.8, 4) is 0 Å². The fourth-order valence-electron chi connectivity index (χ4n) is 1.66. The maximum Gasteiger partial charge on any atom is 0.286 e. The van der Waals surface area contributed by atoms with E-state index in [4.69, 9.17) is 9.26 Å². The van der Waals surface area contributed by atoms with E-state index in [2.05, 4.69) is 10.1 Å². The summed E-state index contributed by atoms with van der Waals surface area (Å²) < 4.78 is 23.6. The lowest BCUT2D eigenvalue weighted by atomic mass is 10.00. The molecule has 88 valence electrons. The van der Waals surface area contributed by atoms with Gasteiger partial charge in [-0.1, -0.05) is 5.16 Å². The molecule has 0 atom stereocenters. The van der Waals surface area contributed by atoms with Gasteiger partial charge in [0.2, 0.25) is 0 Å². The molecule has 0 amide bonds. The van der Waals surface area contributed by atoms with Crippen molar-refractivity contribution < 1.29 is 13.7 Å². The molecule has 1 aliphatic heterocycles. The summed E-state index contributed by atoms with van der Waals surface area (Å²) in [4.78, 5) is 4.09. The van der Waals surface area contributed by atoms with Gasteiger partial charge in [0.1, 0.15) is 0 Å². The average Bonchev–Trinajstić information content (AvgIpc) is 2.78. The van der Waals surface area contributed by atoms with Gasteiger partial charge in [-0.3, -0.25) is 0 Å². The molecule has 0 unspecified atom stereocenters. The molecule has 4 nitrogen and oxygen atoms in total. The van der Waals surface area contributed by atoms with Crippen LogP contribution in [0.4, 0.5) is 4.39 Å². The second-order valence-electron chi connectivity index (χ2n) is 4.16. The molecule has 0 aliphatic carbocycles. The number of allylic oxidation sites excluding steroid dienone is 1. The lowest BCUT2D eigenvalue weighted by molar-refractivity contribution is 0.0830. The van der Waals surface area contributed by atoms with Gasteiger partial charge in [-0.05, 0) is 32.3 Å². The van der Waals surface area contributed by atoms with Crippen LogP contribution < -0.4 is 0 Å². The van der Waals surface area contributed by atoms with E-state index in [9.17, 15) is 4.39 Å². The molecule has 1 fully saturated rings. The Kier molecular flexibility index (Phi) is 3.33. The summed E-state index contributed by atoms with van der Waals surface area (Å²) in [7, 11) is 0. The van der Waals surface area contributed by atoms with E-state index in [0.717, 1.165) is 12.8 Å². The van der Waals surface area contributed by atoms with Crippen LogP contribution >= 0.6 is 0 Å². The predicted octanol–water partition coefficient (Wildman–Crippen LogP) is 2.68. The molecule has 0 aromatic carbocycles. The van der Waals surface area contributed by atoms with Crippen LogP contribution in [0.25, 0.3) is 5.83 Å². The van der Waals surface area contributed by atoms with Crippen LogP contribution in [0.2, 0.25) is 0 Å². The summed E-state index contributed by atoms with van der Waals surface area (Å²) in [6.07, 6.45) is 1.74. The van der Waals surface area contributed by atoms with Gasteiger partial charge in [-0.2, -0.15) is 4.98 Å². The molecule has 2 heterocycles. The molecule has 0 spiro atoms. The van der Waals surface area contributed by atoms with E-state index in [0.29, 0.717) is 24.6 Å². The Morgan fingerprint density at radius 1 is 1.31 bits per heavy atom. The first-order valence-electron chi connectivity index (χ1n) is 5.43. The summed E-state index contributed by atoms with van der Waals surface area (Å²) >= 11 is 0. The molecular weight excluding hydrogens is 211 g/mol. The van der Waals surface area contributed by atoms with Crippen molar-refractivity contribution in [2.24, 2.45) is 0 Å². The van der Waals surface area contributed by atoms with Gasteiger partial charge >= 0.3 is 0 Å². The van der Waals surface area contributed by atoms with Crippen molar-refractivity contribution in [1.29, 1.82) is 0 Å². The molecular formula is C11H15FN2O2. The van der Waals surface area contributed by atoms with Crippen molar-refractivity contribution in [3.05, 3.63) is 17.3 Å². The van der Waals surface area contributed by atoms with Gasteiger partial charge in [0.25, 0.3) is 5.89 Å². The number of halogens is 1. The van der Waals surface area contributed by atoms with E-state index in [1.165, 1.54) is 0 Å². The highest BCUT2D eigenvalue weighted by Crippen LogP contribution is 2.26. The number of nitrogens with zero attached hydrogens (tertiary/aromatic N) is 2. The first kappa shape index (κ1) is 11.3. The van der Waals surface area contributed by atoms with E-state index in [1.54, 1.807) is 13.8 Å². The third kappa shape index (κ3) is 2.29. The zero-order valence-corrected chi connectivity index (χ0v) is 9.49. The molecule has 1 saturated heterocycles. The van der Waals surface area contributed by atoms with Crippen molar-refractivity contribution in [3.63, 3.8) is 0 Å². The van der Waals surface area contributed by atoms with Crippen LogP contribution in [-0.2, 0) is 4.74 Å². The van der Waals surface area contributed by atoms with Crippen LogP contribution in [0, 0.1) is 0 Å². The van der Waals surface area contributed by atoms with Gasteiger partial charge in [-0.15, -0.1) is 0 Å². The summed E-state index contributed by atoms with van der Waals surface area (Å²) in [5.74, 6) is 0.387. The smallest absolute Gasteiger partial charge is 0.286 e. The molecule has 0 saturated carbocycles. The van der Waals surface area contributed by atoms with Gasteiger partial charge in [0, 0.05) is 19.1 Å². The monoisotopic (exact) mass is 226 g/mol. The SMILES string of the molecule is CC(C)=C(F)c1nc(C2CCOCC2)no1. The first-order chi connectivity index (χ1) is 7.68. The fourth-order valence-corrected chi connectivity index (χ4v) is 1.66. The Morgan fingerprint density at radius 3 is 2.62 bits per heavy atom. The molecule has 1 aromatic heterocycles. The second kappa shape index (κ2) is 4.74. The van der Waals surface area contributed by atoms with Crippen LogP contribution in [0.5, 0.6) is 0 Å². The van der Waals surface area contributed by atoms with Gasteiger partial charge < -0.3 is 9.26 Å². The summed E-state index contributed by atoms with van der Waals surface area (Å²) in [6.45, 7) is 4.76. The summed E-state index contributed by atoms with van der Waals surface area (Å²) in [5.41, 5.74) is 0.544. The zero-order valence-electron chi connectivity index (χ0n) is 9.49. The Morgan fingerprint density at radius 2 is 2.00 bits per heavy atom. The van der Waals surface area contributed by atoms with Crippen LogP contribution in [-0.4, -0.2) is 23.4 Å². The van der Waals surface area contributed by atoms with E-state index in [1.807, 2.05) is 0 Å². The van der Waals surface area contributed by atoms with Gasteiger partial charge in [0.05, 0.1) is 0 Å². The topological polar surface area (TPSA) is 48.2 Å². The highest BCUT2D eigenvalue weighted by atomic mass is 19.1. The maximum absolute atomic E-state index is 13.5.